The number of hydrogen-bond acceptors (Lipinski definition) is 3. The highest BCUT2D eigenvalue weighted by atomic mass is 35.5. The Kier molecular flexibility index (Phi) is 5.61. The first-order valence-corrected chi connectivity index (χ1v) is 7.10. The van der Waals surface area contributed by atoms with Crippen LogP contribution < -0.4 is 10.6 Å². The van der Waals surface area contributed by atoms with Crippen molar-refractivity contribution in [3.05, 3.63) is 29.0 Å². The molecule has 0 saturated carbocycles. The summed E-state index contributed by atoms with van der Waals surface area (Å²) < 4.78 is 18.4. The number of amides is 1. The largest absolute Gasteiger partial charge is 0.384 e. The predicted molar refractivity (Wildman–Crippen MR) is 76.5 cm³/mol. The molecule has 1 amide bonds. The Balaban J connectivity index is 1.64. The van der Waals surface area contributed by atoms with Gasteiger partial charge in [-0.25, -0.2) is 4.39 Å². The molecular weight excluding hydrogens is 283 g/mol. The lowest BCUT2D eigenvalue weighted by Crippen LogP contribution is -2.32. The predicted octanol–water partition coefficient (Wildman–Crippen LogP) is 2.58. The zero-order chi connectivity index (χ0) is 14.4. The Hall–Kier alpha value is -1.33. The van der Waals surface area contributed by atoms with Crippen molar-refractivity contribution in [2.75, 3.05) is 25.0 Å². The van der Waals surface area contributed by atoms with Gasteiger partial charge >= 0.3 is 0 Å². The molecule has 1 heterocycles. The van der Waals surface area contributed by atoms with Crippen LogP contribution >= 0.6 is 11.6 Å². The SMILES string of the molecule is O=C(CCNc1ccc(F)c(Cl)c1)NCC1CCCO1. The second kappa shape index (κ2) is 7.45. The number of benzene rings is 1. The lowest BCUT2D eigenvalue weighted by Gasteiger charge is -2.11. The minimum absolute atomic E-state index is 0.0267. The number of carbonyl (C=O) groups is 1. The van der Waals surface area contributed by atoms with Gasteiger partial charge < -0.3 is 15.4 Å². The lowest BCUT2D eigenvalue weighted by atomic mass is 10.2. The van der Waals surface area contributed by atoms with Crippen molar-refractivity contribution in [3.8, 4) is 0 Å². The summed E-state index contributed by atoms with van der Waals surface area (Å²) in [6, 6.07) is 4.38. The molecule has 2 rings (SSSR count). The van der Waals surface area contributed by atoms with Gasteiger partial charge in [-0.2, -0.15) is 0 Å². The van der Waals surface area contributed by atoms with Gasteiger partial charge in [0.05, 0.1) is 11.1 Å². The molecule has 1 aromatic rings. The Morgan fingerprint density at radius 3 is 3.05 bits per heavy atom. The molecule has 110 valence electrons. The normalized spacial score (nSPS) is 18.0. The molecule has 0 aromatic heterocycles. The second-order valence-corrected chi connectivity index (χ2v) is 5.15. The van der Waals surface area contributed by atoms with Gasteiger partial charge in [-0.05, 0) is 31.0 Å². The summed E-state index contributed by atoms with van der Waals surface area (Å²) in [6.45, 7) is 1.83. The highest BCUT2D eigenvalue weighted by Crippen LogP contribution is 2.19. The van der Waals surface area contributed by atoms with Gasteiger partial charge in [0.25, 0.3) is 0 Å². The van der Waals surface area contributed by atoms with E-state index in [1.165, 1.54) is 12.1 Å². The van der Waals surface area contributed by atoms with Crippen LogP contribution in [0.4, 0.5) is 10.1 Å². The molecule has 0 bridgehead atoms. The van der Waals surface area contributed by atoms with Crippen molar-refractivity contribution in [2.24, 2.45) is 0 Å². The van der Waals surface area contributed by atoms with Gasteiger partial charge in [-0.1, -0.05) is 11.6 Å². The van der Waals surface area contributed by atoms with Crippen molar-refractivity contribution in [1.29, 1.82) is 0 Å². The van der Waals surface area contributed by atoms with E-state index in [4.69, 9.17) is 16.3 Å². The summed E-state index contributed by atoms with van der Waals surface area (Å²) in [6.07, 6.45) is 2.57. The molecule has 20 heavy (non-hydrogen) atoms. The molecule has 0 spiro atoms. The fraction of sp³-hybridized carbons (Fsp3) is 0.500. The number of ether oxygens (including phenoxy) is 1. The highest BCUT2D eigenvalue weighted by Gasteiger charge is 2.15. The number of nitrogens with one attached hydrogen (secondary N) is 2. The monoisotopic (exact) mass is 300 g/mol. The van der Waals surface area contributed by atoms with Gasteiger partial charge in [-0.15, -0.1) is 0 Å². The lowest BCUT2D eigenvalue weighted by molar-refractivity contribution is -0.121. The molecule has 1 aromatic carbocycles. The minimum atomic E-state index is -0.452. The summed E-state index contributed by atoms with van der Waals surface area (Å²) >= 11 is 5.67. The van der Waals surface area contributed by atoms with Crippen LogP contribution in [0.25, 0.3) is 0 Å². The first-order chi connectivity index (χ1) is 9.65. The van der Waals surface area contributed by atoms with E-state index >= 15 is 0 Å². The average molecular weight is 301 g/mol. The molecule has 1 unspecified atom stereocenters. The number of halogens is 2. The molecule has 1 atom stereocenters. The van der Waals surface area contributed by atoms with Crippen molar-refractivity contribution in [2.45, 2.75) is 25.4 Å². The van der Waals surface area contributed by atoms with Crippen LogP contribution in [0.1, 0.15) is 19.3 Å². The second-order valence-electron chi connectivity index (χ2n) is 4.74. The Labute approximate surface area is 122 Å². The third-order valence-electron chi connectivity index (χ3n) is 3.15. The van der Waals surface area contributed by atoms with E-state index in [1.54, 1.807) is 6.07 Å². The molecule has 4 nitrogen and oxygen atoms in total. The van der Waals surface area contributed by atoms with E-state index in [-0.39, 0.29) is 17.0 Å². The van der Waals surface area contributed by atoms with E-state index < -0.39 is 5.82 Å². The third kappa shape index (κ3) is 4.65. The first-order valence-electron chi connectivity index (χ1n) is 6.72. The van der Waals surface area contributed by atoms with Crippen LogP contribution in [-0.2, 0) is 9.53 Å². The van der Waals surface area contributed by atoms with Crippen molar-refractivity contribution >= 4 is 23.2 Å². The molecule has 6 heteroatoms. The maximum Gasteiger partial charge on any atom is 0.221 e. The standard InChI is InChI=1S/C14H18ClFN2O2/c15-12-8-10(3-4-13(12)16)17-6-5-14(19)18-9-11-2-1-7-20-11/h3-4,8,11,17H,1-2,5-7,9H2,(H,18,19). The summed E-state index contributed by atoms with van der Waals surface area (Å²) in [4.78, 5) is 11.6. The maximum absolute atomic E-state index is 13.0. The van der Waals surface area contributed by atoms with E-state index in [2.05, 4.69) is 10.6 Å². The maximum atomic E-state index is 13.0. The zero-order valence-electron chi connectivity index (χ0n) is 11.1. The van der Waals surface area contributed by atoms with E-state index in [9.17, 15) is 9.18 Å². The molecule has 1 fully saturated rings. The topological polar surface area (TPSA) is 50.4 Å². The fourth-order valence-corrected chi connectivity index (χ4v) is 2.23. The highest BCUT2D eigenvalue weighted by molar-refractivity contribution is 6.31. The summed E-state index contributed by atoms with van der Waals surface area (Å²) in [5, 5.41) is 5.94. The smallest absolute Gasteiger partial charge is 0.221 e. The molecule has 1 aliphatic rings. The zero-order valence-corrected chi connectivity index (χ0v) is 11.9. The Morgan fingerprint density at radius 1 is 1.50 bits per heavy atom. The Bertz CT molecular complexity index is 464. The summed E-state index contributed by atoms with van der Waals surface area (Å²) in [7, 11) is 0. The van der Waals surface area contributed by atoms with Gasteiger partial charge in [-0.3, -0.25) is 4.79 Å². The van der Waals surface area contributed by atoms with Crippen molar-refractivity contribution < 1.29 is 13.9 Å². The van der Waals surface area contributed by atoms with Gasteiger partial charge in [0.2, 0.25) is 5.91 Å². The average Bonchev–Trinajstić information content (AvgIpc) is 2.94. The number of hydrogen-bond donors (Lipinski definition) is 2. The third-order valence-corrected chi connectivity index (χ3v) is 3.44. The van der Waals surface area contributed by atoms with Gasteiger partial charge in [0, 0.05) is 31.8 Å². The van der Waals surface area contributed by atoms with E-state index in [0.29, 0.717) is 25.2 Å². The van der Waals surface area contributed by atoms with Crippen LogP contribution in [0.3, 0.4) is 0 Å². The van der Waals surface area contributed by atoms with Crippen LogP contribution in [0, 0.1) is 5.82 Å². The Morgan fingerprint density at radius 2 is 2.35 bits per heavy atom. The summed E-state index contributed by atoms with van der Waals surface area (Å²) in [5.74, 6) is -0.479. The van der Waals surface area contributed by atoms with E-state index in [1.807, 2.05) is 0 Å². The molecule has 1 saturated heterocycles. The van der Waals surface area contributed by atoms with Crippen molar-refractivity contribution in [3.63, 3.8) is 0 Å². The molecule has 1 aliphatic heterocycles. The molecule has 0 radical (unpaired) electrons. The molecular formula is C14H18ClFN2O2. The molecule has 2 N–H and O–H groups in total. The minimum Gasteiger partial charge on any atom is -0.384 e. The van der Waals surface area contributed by atoms with Gasteiger partial charge in [0.15, 0.2) is 0 Å². The van der Waals surface area contributed by atoms with Gasteiger partial charge in [0.1, 0.15) is 5.82 Å². The van der Waals surface area contributed by atoms with E-state index in [0.717, 1.165) is 19.4 Å². The van der Waals surface area contributed by atoms with Crippen molar-refractivity contribution in [1.82, 2.24) is 5.32 Å². The number of rotatable bonds is 6. The quantitative estimate of drug-likeness (QED) is 0.849. The van der Waals surface area contributed by atoms with Crippen LogP contribution in [-0.4, -0.2) is 31.7 Å². The van der Waals surface area contributed by atoms with Crippen LogP contribution in [0.5, 0.6) is 0 Å². The molecule has 0 aliphatic carbocycles. The number of carbonyl (C=O) groups excluding carboxylic acids is 1. The number of anilines is 1. The first kappa shape index (κ1) is 15.1. The summed E-state index contributed by atoms with van der Waals surface area (Å²) in [5.41, 5.74) is 0.698. The van der Waals surface area contributed by atoms with Crippen LogP contribution in [0.15, 0.2) is 18.2 Å². The fourth-order valence-electron chi connectivity index (χ4n) is 2.05. The van der Waals surface area contributed by atoms with Crippen LogP contribution in [0.2, 0.25) is 5.02 Å².